The first-order valence-corrected chi connectivity index (χ1v) is 6.12. The molecule has 0 atom stereocenters. The summed E-state index contributed by atoms with van der Waals surface area (Å²) in [7, 11) is 0. The first kappa shape index (κ1) is 12.5. The average molecular weight is 335 g/mol. The smallest absolute Gasteiger partial charge is 0.291 e. The molecule has 0 spiro atoms. The van der Waals surface area contributed by atoms with Crippen LogP contribution in [0.25, 0.3) is 0 Å². The number of halogens is 3. The predicted octanol–water partition coefficient (Wildman–Crippen LogP) is 4.60. The van der Waals surface area contributed by atoms with Crippen molar-refractivity contribution in [2.45, 2.75) is 0 Å². The van der Waals surface area contributed by atoms with Crippen molar-refractivity contribution >= 4 is 50.7 Å². The van der Waals surface area contributed by atoms with Gasteiger partial charge in [0.2, 0.25) is 0 Å². The van der Waals surface area contributed by atoms with E-state index in [2.05, 4.69) is 21.2 Å². The summed E-state index contributed by atoms with van der Waals surface area (Å²) in [5, 5.41) is 3.29. The van der Waals surface area contributed by atoms with Crippen molar-refractivity contribution in [2.75, 3.05) is 5.32 Å². The molecule has 0 saturated carbocycles. The zero-order chi connectivity index (χ0) is 12.4. The highest BCUT2D eigenvalue weighted by molar-refractivity contribution is 9.10. The lowest BCUT2D eigenvalue weighted by atomic mass is 10.3. The molecule has 0 saturated heterocycles. The second-order valence-electron chi connectivity index (χ2n) is 3.18. The Labute approximate surface area is 116 Å². The lowest BCUT2D eigenvalue weighted by Crippen LogP contribution is -2.11. The Bertz CT molecular complexity index is 532. The van der Waals surface area contributed by atoms with Gasteiger partial charge in [0.1, 0.15) is 0 Å². The van der Waals surface area contributed by atoms with Crippen molar-refractivity contribution in [2.24, 2.45) is 0 Å². The largest absolute Gasteiger partial charge is 0.459 e. The van der Waals surface area contributed by atoms with Gasteiger partial charge in [-0.25, -0.2) is 0 Å². The van der Waals surface area contributed by atoms with Gasteiger partial charge in [-0.2, -0.15) is 0 Å². The number of anilines is 1. The fourth-order valence-electron chi connectivity index (χ4n) is 1.24. The Balaban J connectivity index is 2.28. The molecule has 88 valence electrons. The van der Waals surface area contributed by atoms with Crippen molar-refractivity contribution in [1.29, 1.82) is 0 Å². The number of furan rings is 1. The summed E-state index contributed by atoms with van der Waals surface area (Å²) in [6, 6.07) is 6.46. The number of rotatable bonds is 2. The van der Waals surface area contributed by atoms with Gasteiger partial charge < -0.3 is 9.73 Å². The highest BCUT2D eigenvalue weighted by atomic mass is 79.9. The number of carbonyl (C=O) groups excluding carboxylic acids is 1. The zero-order valence-corrected chi connectivity index (χ0v) is 11.4. The van der Waals surface area contributed by atoms with Crippen LogP contribution in [-0.4, -0.2) is 5.91 Å². The van der Waals surface area contributed by atoms with Gasteiger partial charge in [-0.1, -0.05) is 39.1 Å². The fourth-order valence-corrected chi connectivity index (χ4v) is 2.55. The average Bonchev–Trinajstić information content (AvgIpc) is 2.76. The number of hydrogen-bond acceptors (Lipinski definition) is 2. The molecule has 0 fully saturated rings. The molecule has 0 aliphatic carbocycles. The summed E-state index contributed by atoms with van der Waals surface area (Å²) in [4.78, 5) is 11.7. The summed E-state index contributed by atoms with van der Waals surface area (Å²) in [5.74, 6) is -0.207. The van der Waals surface area contributed by atoms with Crippen LogP contribution in [0.4, 0.5) is 5.69 Å². The molecule has 1 aromatic carbocycles. The molecule has 1 amide bonds. The molecule has 1 N–H and O–H groups in total. The lowest BCUT2D eigenvalue weighted by molar-refractivity contribution is 0.0996. The third-order valence-electron chi connectivity index (χ3n) is 1.99. The molecular formula is C11H6BrCl2NO2. The third-order valence-corrected chi connectivity index (χ3v) is 3.04. The fraction of sp³-hybridized carbons (Fsp3) is 0. The number of amides is 1. The van der Waals surface area contributed by atoms with Crippen molar-refractivity contribution < 1.29 is 9.21 Å². The van der Waals surface area contributed by atoms with Crippen molar-refractivity contribution in [3.8, 4) is 0 Å². The van der Waals surface area contributed by atoms with Crippen molar-refractivity contribution in [3.63, 3.8) is 0 Å². The van der Waals surface area contributed by atoms with E-state index in [1.54, 1.807) is 24.3 Å². The van der Waals surface area contributed by atoms with Gasteiger partial charge in [0.25, 0.3) is 5.91 Å². The summed E-state index contributed by atoms with van der Waals surface area (Å²) < 4.78 is 5.70. The minimum absolute atomic E-state index is 0.194. The first-order valence-electron chi connectivity index (χ1n) is 4.57. The van der Waals surface area contributed by atoms with Crippen LogP contribution in [0.1, 0.15) is 10.6 Å². The van der Waals surface area contributed by atoms with Gasteiger partial charge in [-0.3, -0.25) is 4.79 Å². The van der Waals surface area contributed by atoms with Gasteiger partial charge in [-0.15, -0.1) is 0 Å². The van der Waals surface area contributed by atoms with Crippen LogP contribution in [0.2, 0.25) is 10.0 Å². The minimum atomic E-state index is -0.402. The second kappa shape index (κ2) is 5.12. The van der Waals surface area contributed by atoms with Gasteiger partial charge in [0, 0.05) is 4.47 Å². The maximum atomic E-state index is 11.7. The highest BCUT2D eigenvalue weighted by Crippen LogP contribution is 2.34. The molecule has 3 nitrogen and oxygen atoms in total. The molecule has 2 aromatic rings. The summed E-state index contributed by atoms with van der Waals surface area (Å²) in [6.07, 6.45) is 1.42. The Kier molecular flexibility index (Phi) is 3.76. The molecule has 0 aliphatic heterocycles. The topological polar surface area (TPSA) is 42.2 Å². The molecule has 1 aromatic heterocycles. The highest BCUT2D eigenvalue weighted by Gasteiger charge is 2.14. The van der Waals surface area contributed by atoms with Crippen LogP contribution in [0.15, 0.2) is 39.4 Å². The van der Waals surface area contributed by atoms with E-state index < -0.39 is 5.91 Å². The van der Waals surface area contributed by atoms with E-state index in [1.807, 2.05) is 0 Å². The van der Waals surface area contributed by atoms with Crippen LogP contribution >= 0.6 is 39.1 Å². The van der Waals surface area contributed by atoms with E-state index in [-0.39, 0.29) is 5.76 Å². The molecule has 0 bridgehead atoms. The summed E-state index contributed by atoms with van der Waals surface area (Å²) >= 11 is 15.2. The van der Waals surface area contributed by atoms with Crippen LogP contribution in [0, 0.1) is 0 Å². The Morgan fingerprint density at radius 2 is 1.94 bits per heavy atom. The number of carbonyl (C=O) groups is 1. The summed E-state index contributed by atoms with van der Waals surface area (Å²) in [6.45, 7) is 0. The number of hydrogen-bond donors (Lipinski definition) is 1. The minimum Gasteiger partial charge on any atom is -0.459 e. The normalized spacial score (nSPS) is 10.3. The quantitative estimate of drug-likeness (QED) is 0.872. The Morgan fingerprint density at radius 3 is 2.47 bits per heavy atom. The van der Waals surface area contributed by atoms with Gasteiger partial charge in [0.15, 0.2) is 5.76 Å². The monoisotopic (exact) mass is 333 g/mol. The summed E-state index contributed by atoms with van der Waals surface area (Å²) in [5.41, 5.74) is 0.359. The maximum absolute atomic E-state index is 11.7. The molecule has 0 unspecified atom stereocenters. The van der Waals surface area contributed by atoms with Crippen LogP contribution in [0.5, 0.6) is 0 Å². The molecule has 2 rings (SSSR count). The Hall–Kier alpha value is -0.970. The lowest BCUT2D eigenvalue weighted by Gasteiger charge is -2.08. The predicted molar refractivity (Wildman–Crippen MR) is 70.8 cm³/mol. The second-order valence-corrected chi connectivity index (χ2v) is 4.91. The van der Waals surface area contributed by atoms with Crippen molar-refractivity contribution in [1.82, 2.24) is 0 Å². The van der Waals surface area contributed by atoms with E-state index in [0.717, 1.165) is 4.47 Å². The van der Waals surface area contributed by atoms with Gasteiger partial charge >= 0.3 is 0 Å². The molecule has 0 aliphatic rings. The van der Waals surface area contributed by atoms with Gasteiger partial charge in [0.05, 0.1) is 22.0 Å². The van der Waals surface area contributed by atoms with Crippen molar-refractivity contribution in [3.05, 3.63) is 50.8 Å². The first-order chi connectivity index (χ1) is 8.08. The SMILES string of the molecule is O=C(Nc1c(Cl)cc(Br)cc1Cl)c1ccco1. The van der Waals surface area contributed by atoms with Crippen LogP contribution in [-0.2, 0) is 0 Å². The van der Waals surface area contributed by atoms with E-state index in [9.17, 15) is 4.79 Å². The standard InChI is InChI=1S/C11H6BrCl2NO2/c12-6-4-7(13)10(8(14)5-6)15-11(16)9-2-1-3-17-9/h1-5H,(H,15,16). The van der Waals surface area contributed by atoms with E-state index >= 15 is 0 Å². The van der Waals surface area contributed by atoms with E-state index in [4.69, 9.17) is 27.6 Å². The molecular weight excluding hydrogens is 329 g/mol. The van der Waals surface area contributed by atoms with E-state index in [1.165, 1.54) is 6.26 Å². The van der Waals surface area contributed by atoms with Gasteiger partial charge in [-0.05, 0) is 24.3 Å². The zero-order valence-electron chi connectivity index (χ0n) is 8.34. The maximum Gasteiger partial charge on any atom is 0.291 e. The number of benzene rings is 1. The van der Waals surface area contributed by atoms with Crippen LogP contribution < -0.4 is 5.32 Å². The third kappa shape index (κ3) is 2.83. The Morgan fingerprint density at radius 1 is 1.29 bits per heavy atom. The molecule has 17 heavy (non-hydrogen) atoms. The molecule has 0 radical (unpaired) electrons. The number of nitrogens with one attached hydrogen (secondary N) is 1. The molecule has 6 heteroatoms. The van der Waals surface area contributed by atoms with Crippen LogP contribution in [0.3, 0.4) is 0 Å². The van der Waals surface area contributed by atoms with E-state index in [0.29, 0.717) is 15.7 Å². The molecule has 1 heterocycles.